The van der Waals surface area contributed by atoms with Gasteiger partial charge in [-0.15, -0.1) is 6.58 Å². The predicted octanol–water partition coefficient (Wildman–Crippen LogP) is 1.96. The molecule has 1 amide bonds. The molecule has 0 bridgehead atoms. The number of para-hydroxylation sites is 1. The van der Waals surface area contributed by atoms with Crippen molar-refractivity contribution in [1.29, 1.82) is 0 Å². The van der Waals surface area contributed by atoms with Crippen molar-refractivity contribution in [3.63, 3.8) is 0 Å². The molecule has 1 rings (SSSR count). The Morgan fingerprint density at radius 3 is 2.55 bits per heavy atom. The highest BCUT2D eigenvalue weighted by atomic mass is 16.5. The van der Waals surface area contributed by atoms with E-state index in [4.69, 9.17) is 9.84 Å². The molecule has 20 heavy (non-hydrogen) atoms. The Balaban J connectivity index is 3.00. The normalized spacial score (nSPS) is 9.60. The molecular weight excluding hydrogens is 258 g/mol. The topological polar surface area (TPSA) is 66.8 Å². The number of ether oxygens (including phenoxy) is 1. The van der Waals surface area contributed by atoms with E-state index < -0.39 is 11.9 Å². The van der Waals surface area contributed by atoms with Crippen LogP contribution >= 0.6 is 0 Å². The van der Waals surface area contributed by atoms with E-state index in [1.165, 1.54) is 11.0 Å². The first kappa shape index (κ1) is 15.5. The fourth-order valence-electron chi connectivity index (χ4n) is 1.63. The summed E-state index contributed by atoms with van der Waals surface area (Å²) in [6, 6.07) is 6.69. The molecular formula is C15H17NO4. The van der Waals surface area contributed by atoms with Crippen LogP contribution in [0.5, 0.6) is 5.75 Å². The Hall–Kier alpha value is -2.56. The van der Waals surface area contributed by atoms with Gasteiger partial charge in [0.1, 0.15) is 18.9 Å². The number of aliphatic carboxylic acids is 1. The average Bonchev–Trinajstić information content (AvgIpc) is 2.44. The lowest BCUT2D eigenvalue weighted by Gasteiger charge is -2.20. The minimum atomic E-state index is -1.08. The van der Waals surface area contributed by atoms with E-state index in [-0.39, 0.29) is 19.7 Å². The number of carboxylic acid groups (broad SMARTS) is 1. The number of rotatable bonds is 8. The SMILES string of the molecule is C=CCOc1ccccc1C(=O)N(CC=C)CC(=O)O. The summed E-state index contributed by atoms with van der Waals surface area (Å²) in [6.07, 6.45) is 3.05. The van der Waals surface area contributed by atoms with Crippen LogP contribution in [-0.2, 0) is 4.79 Å². The fraction of sp³-hybridized carbons (Fsp3) is 0.200. The number of nitrogens with zero attached hydrogens (tertiary/aromatic N) is 1. The lowest BCUT2D eigenvalue weighted by molar-refractivity contribution is -0.137. The standard InChI is InChI=1S/C15H17NO4/c1-3-9-16(11-14(17)18)15(19)12-7-5-6-8-13(12)20-10-4-2/h3-8H,1-2,9-11H2,(H,17,18). The first-order valence-corrected chi connectivity index (χ1v) is 6.04. The molecule has 0 atom stereocenters. The lowest BCUT2D eigenvalue weighted by Crippen LogP contribution is -2.36. The van der Waals surface area contributed by atoms with Gasteiger partial charge in [0, 0.05) is 6.54 Å². The second-order valence-electron chi connectivity index (χ2n) is 3.96. The van der Waals surface area contributed by atoms with E-state index in [2.05, 4.69) is 13.2 Å². The smallest absolute Gasteiger partial charge is 0.323 e. The molecule has 0 aromatic heterocycles. The molecule has 0 saturated carbocycles. The molecule has 1 N–H and O–H groups in total. The van der Waals surface area contributed by atoms with Crippen LogP contribution in [0, 0.1) is 0 Å². The summed E-state index contributed by atoms with van der Waals surface area (Å²) in [5.41, 5.74) is 0.317. The highest BCUT2D eigenvalue weighted by Gasteiger charge is 2.20. The van der Waals surface area contributed by atoms with Gasteiger partial charge in [0.2, 0.25) is 0 Å². The molecule has 0 aliphatic rings. The molecule has 0 saturated heterocycles. The molecule has 1 aromatic carbocycles. The summed E-state index contributed by atoms with van der Waals surface area (Å²) in [5, 5.41) is 8.84. The van der Waals surface area contributed by atoms with Gasteiger partial charge in [-0.3, -0.25) is 9.59 Å². The van der Waals surface area contributed by atoms with Crippen molar-refractivity contribution in [2.45, 2.75) is 0 Å². The van der Waals surface area contributed by atoms with E-state index in [0.29, 0.717) is 11.3 Å². The first-order valence-electron chi connectivity index (χ1n) is 6.04. The maximum Gasteiger partial charge on any atom is 0.323 e. The van der Waals surface area contributed by atoms with Gasteiger partial charge in [-0.2, -0.15) is 0 Å². The van der Waals surface area contributed by atoms with Crippen LogP contribution in [0.1, 0.15) is 10.4 Å². The zero-order valence-electron chi connectivity index (χ0n) is 11.1. The van der Waals surface area contributed by atoms with E-state index in [9.17, 15) is 9.59 Å². The van der Waals surface area contributed by atoms with Crippen LogP contribution in [0.2, 0.25) is 0 Å². The Labute approximate surface area is 117 Å². The van der Waals surface area contributed by atoms with Crippen molar-refractivity contribution in [2.24, 2.45) is 0 Å². The Kier molecular flexibility index (Phi) is 6.03. The van der Waals surface area contributed by atoms with Gasteiger partial charge < -0.3 is 14.7 Å². The predicted molar refractivity (Wildman–Crippen MR) is 75.9 cm³/mol. The third-order valence-electron chi connectivity index (χ3n) is 2.44. The van der Waals surface area contributed by atoms with Crippen molar-refractivity contribution in [2.75, 3.05) is 19.7 Å². The summed E-state index contributed by atoms with van der Waals surface area (Å²) in [5.74, 6) is -1.09. The molecule has 0 unspecified atom stereocenters. The largest absolute Gasteiger partial charge is 0.489 e. The molecule has 0 radical (unpaired) electrons. The van der Waals surface area contributed by atoms with E-state index >= 15 is 0 Å². The third-order valence-corrected chi connectivity index (χ3v) is 2.44. The number of carbonyl (C=O) groups excluding carboxylic acids is 1. The molecule has 106 valence electrons. The summed E-state index contributed by atoms with van der Waals surface area (Å²) >= 11 is 0. The fourth-order valence-corrected chi connectivity index (χ4v) is 1.63. The van der Waals surface area contributed by atoms with Crippen LogP contribution in [-0.4, -0.2) is 41.6 Å². The number of hydrogen-bond donors (Lipinski definition) is 1. The van der Waals surface area contributed by atoms with Crippen molar-refractivity contribution >= 4 is 11.9 Å². The number of hydrogen-bond acceptors (Lipinski definition) is 3. The van der Waals surface area contributed by atoms with Crippen molar-refractivity contribution in [3.05, 3.63) is 55.1 Å². The number of carboxylic acids is 1. The Morgan fingerprint density at radius 2 is 1.95 bits per heavy atom. The molecule has 0 aliphatic heterocycles. The molecule has 1 aromatic rings. The first-order chi connectivity index (χ1) is 9.60. The highest BCUT2D eigenvalue weighted by molar-refractivity contribution is 5.98. The summed E-state index contributed by atoms with van der Waals surface area (Å²) < 4.78 is 5.40. The number of benzene rings is 1. The van der Waals surface area contributed by atoms with Gasteiger partial charge in [-0.1, -0.05) is 30.9 Å². The van der Waals surface area contributed by atoms with Gasteiger partial charge in [-0.05, 0) is 12.1 Å². The van der Waals surface area contributed by atoms with Gasteiger partial charge >= 0.3 is 5.97 Å². The molecule has 0 heterocycles. The lowest BCUT2D eigenvalue weighted by atomic mass is 10.1. The molecule has 5 nitrogen and oxygen atoms in total. The zero-order chi connectivity index (χ0) is 15.0. The number of carbonyl (C=O) groups is 2. The van der Waals surface area contributed by atoms with Gasteiger partial charge in [0.25, 0.3) is 5.91 Å². The van der Waals surface area contributed by atoms with Crippen molar-refractivity contribution in [3.8, 4) is 5.75 Å². The van der Waals surface area contributed by atoms with Crippen LogP contribution in [0.25, 0.3) is 0 Å². The summed E-state index contributed by atoms with van der Waals surface area (Å²) in [4.78, 5) is 24.4. The minimum Gasteiger partial charge on any atom is -0.489 e. The highest BCUT2D eigenvalue weighted by Crippen LogP contribution is 2.20. The average molecular weight is 275 g/mol. The van der Waals surface area contributed by atoms with Crippen LogP contribution in [0.15, 0.2) is 49.6 Å². The van der Waals surface area contributed by atoms with E-state index in [0.717, 1.165) is 0 Å². The molecule has 0 aliphatic carbocycles. The second-order valence-corrected chi connectivity index (χ2v) is 3.96. The van der Waals surface area contributed by atoms with E-state index in [1.807, 2.05) is 0 Å². The molecule has 0 fully saturated rings. The van der Waals surface area contributed by atoms with Crippen LogP contribution in [0.4, 0.5) is 0 Å². The van der Waals surface area contributed by atoms with Crippen molar-refractivity contribution in [1.82, 2.24) is 4.90 Å². The monoisotopic (exact) mass is 275 g/mol. The zero-order valence-corrected chi connectivity index (χ0v) is 11.1. The molecule has 5 heteroatoms. The van der Waals surface area contributed by atoms with Crippen LogP contribution < -0.4 is 4.74 Å². The molecule has 0 spiro atoms. The maximum absolute atomic E-state index is 12.4. The van der Waals surface area contributed by atoms with Gasteiger partial charge in [0.05, 0.1) is 5.56 Å². The maximum atomic E-state index is 12.4. The summed E-state index contributed by atoms with van der Waals surface area (Å²) in [6.45, 7) is 7.10. The van der Waals surface area contributed by atoms with Crippen molar-refractivity contribution < 1.29 is 19.4 Å². The van der Waals surface area contributed by atoms with Crippen LogP contribution in [0.3, 0.4) is 0 Å². The quantitative estimate of drug-likeness (QED) is 0.736. The van der Waals surface area contributed by atoms with E-state index in [1.54, 1.807) is 30.3 Å². The van der Waals surface area contributed by atoms with Gasteiger partial charge in [0.15, 0.2) is 0 Å². The third kappa shape index (κ3) is 4.28. The Bertz CT molecular complexity index is 510. The minimum absolute atomic E-state index is 0.154. The number of amides is 1. The summed E-state index contributed by atoms with van der Waals surface area (Å²) in [7, 11) is 0. The second kappa shape index (κ2) is 7.78. The Morgan fingerprint density at radius 1 is 1.25 bits per heavy atom. The van der Waals surface area contributed by atoms with Gasteiger partial charge in [-0.25, -0.2) is 0 Å².